The van der Waals surface area contributed by atoms with Gasteiger partial charge in [-0.2, -0.15) is 0 Å². The van der Waals surface area contributed by atoms with Crippen LogP contribution in [-0.2, 0) is 0 Å². The first-order valence-electron chi connectivity index (χ1n) is 6.47. The zero-order valence-corrected chi connectivity index (χ0v) is 11.1. The summed E-state index contributed by atoms with van der Waals surface area (Å²) in [7, 11) is 0. The summed E-state index contributed by atoms with van der Waals surface area (Å²) in [6, 6.07) is 15.5. The Kier molecular flexibility index (Phi) is 3.33. The molecular formula is C17H20. The monoisotopic (exact) mass is 224 g/mol. The van der Waals surface area contributed by atoms with Gasteiger partial charge in [0, 0.05) is 5.92 Å². The molecule has 0 radical (unpaired) electrons. The summed E-state index contributed by atoms with van der Waals surface area (Å²) in [4.78, 5) is 0. The number of fused-ring (bicyclic) bond motifs is 3. The first kappa shape index (κ1) is 11.9. The van der Waals surface area contributed by atoms with E-state index < -0.39 is 0 Å². The SMILES string of the molecule is CC.Cc1ccc2c(c1)C(C)c1ccccc1-2. The lowest BCUT2D eigenvalue weighted by Gasteiger charge is -2.06. The second-order valence-corrected chi connectivity index (χ2v) is 4.40. The molecule has 2 aromatic rings. The summed E-state index contributed by atoms with van der Waals surface area (Å²) >= 11 is 0. The third-order valence-corrected chi connectivity index (χ3v) is 3.39. The lowest BCUT2D eigenvalue weighted by Crippen LogP contribution is -1.89. The van der Waals surface area contributed by atoms with Crippen molar-refractivity contribution >= 4 is 0 Å². The van der Waals surface area contributed by atoms with Crippen LogP contribution in [0.2, 0.25) is 0 Å². The van der Waals surface area contributed by atoms with E-state index in [0.717, 1.165) is 0 Å². The number of aryl methyl sites for hydroxylation is 1. The number of hydrogen-bond donors (Lipinski definition) is 0. The van der Waals surface area contributed by atoms with E-state index in [1.807, 2.05) is 13.8 Å². The molecule has 0 saturated carbocycles. The van der Waals surface area contributed by atoms with E-state index in [0.29, 0.717) is 5.92 Å². The molecule has 0 amide bonds. The molecule has 0 N–H and O–H groups in total. The van der Waals surface area contributed by atoms with Gasteiger partial charge in [0.25, 0.3) is 0 Å². The van der Waals surface area contributed by atoms with Gasteiger partial charge < -0.3 is 0 Å². The predicted octanol–water partition coefficient (Wildman–Crippen LogP) is 5.15. The van der Waals surface area contributed by atoms with Gasteiger partial charge in [-0.3, -0.25) is 0 Å². The van der Waals surface area contributed by atoms with Crippen LogP contribution in [0.3, 0.4) is 0 Å². The lowest BCUT2D eigenvalue weighted by atomic mass is 9.98. The van der Waals surface area contributed by atoms with Crippen LogP contribution in [0.25, 0.3) is 11.1 Å². The molecule has 0 heterocycles. The Hall–Kier alpha value is -1.56. The molecule has 1 unspecified atom stereocenters. The van der Waals surface area contributed by atoms with E-state index in [9.17, 15) is 0 Å². The Morgan fingerprint density at radius 2 is 1.47 bits per heavy atom. The molecule has 88 valence electrons. The van der Waals surface area contributed by atoms with Gasteiger partial charge in [0.05, 0.1) is 0 Å². The zero-order valence-electron chi connectivity index (χ0n) is 11.1. The van der Waals surface area contributed by atoms with Gasteiger partial charge in [-0.25, -0.2) is 0 Å². The summed E-state index contributed by atoms with van der Waals surface area (Å²) in [5.41, 5.74) is 7.14. The molecule has 1 atom stereocenters. The highest BCUT2D eigenvalue weighted by molar-refractivity contribution is 5.78. The third-order valence-electron chi connectivity index (χ3n) is 3.39. The number of hydrogen-bond acceptors (Lipinski definition) is 0. The van der Waals surface area contributed by atoms with Crippen molar-refractivity contribution in [1.82, 2.24) is 0 Å². The van der Waals surface area contributed by atoms with E-state index in [2.05, 4.69) is 56.3 Å². The second-order valence-electron chi connectivity index (χ2n) is 4.40. The molecule has 0 spiro atoms. The van der Waals surface area contributed by atoms with E-state index >= 15 is 0 Å². The van der Waals surface area contributed by atoms with Gasteiger partial charge in [0.15, 0.2) is 0 Å². The standard InChI is InChI=1S/C15H14.C2H6/c1-10-7-8-14-13-6-4-3-5-12(13)11(2)15(14)9-10;1-2/h3-9,11H,1-2H3;1-2H3. The Morgan fingerprint density at radius 1 is 0.824 bits per heavy atom. The molecule has 2 aromatic carbocycles. The average molecular weight is 224 g/mol. The number of rotatable bonds is 0. The minimum Gasteiger partial charge on any atom is -0.0683 e. The Bertz CT molecular complexity index is 523. The molecule has 1 aliphatic carbocycles. The fourth-order valence-corrected chi connectivity index (χ4v) is 2.57. The molecule has 3 rings (SSSR count). The fraction of sp³-hybridized carbons (Fsp3) is 0.294. The van der Waals surface area contributed by atoms with E-state index in [1.54, 1.807) is 0 Å². The molecule has 0 bridgehead atoms. The molecular weight excluding hydrogens is 204 g/mol. The van der Waals surface area contributed by atoms with Crippen molar-refractivity contribution in [2.75, 3.05) is 0 Å². The molecule has 1 aliphatic rings. The predicted molar refractivity (Wildman–Crippen MR) is 75.5 cm³/mol. The minimum atomic E-state index is 0.552. The van der Waals surface area contributed by atoms with Crippen LogP contribution in [0.5, 0.6) is 0 Å². The smallest absolute Gasteiger partial charge is 0.00734 e. The summed E-state index contributed by atoms with van der Waals surface area (Å²) in [6.45, 7) is 8.46. The van der Waals surface area contributed by atoms with Crippen LogP contribution in [0, 0.1) is 6.92 Å². The van der Waals surface area contributed by atoms with Crippen molar-refractivity contribution < 1.29 is 0 Å². The van der Waals surface area contributed by atoms with E-state index in [4.69, 9.17) is 0 Å². The van der Waals surface area contributed by atoms with Crippen molar-refractivity contribution in [2.24, 2.45) is 0 Å². The van der Waals surface area contributed by atoms with Crippen molar-refractivity contribution in [1.29, 1.82) is 0 Å². The van der Waals surface area contributed by atoms with E-state index in [-0.39, 0.29) is 0 Å². The minimum absolute atomic E-state index is 0.552. The van der Waals surface area contributed by atoms with Gasteiger partial charge in [0.2, 0.25) is 0 Å². The Labute approximate surface area is 104 Å². The summed E-state index contributed by atoms with van der Waals surface area (Å²) in [5, 5.41) is 0. The zero-order chi connectivity index (χ0) is 12.4. The molecule has 0 aliphatic heterocycles. The van der Waals surface area contributed by atoms with Gasteiger partial charge >= 0.3 is 0 Å². The van der Waals surface area contributed by atoms with Crippen LogP contribution in [0.15, 0.2) is 42.5 Å². The Balaban J connectivity index is 0.000000514. The van der Waals surface area contributed by atoms with Gasteiger partial charge in [-0.15, -0.1) is 0 Å². The molecule has 0 saturated heterocycles. The molecule has 0 nitrogen and oxygen atoms in total. The van der Waals surface area contributed by atoms with Crippen LogP contribution < -0.4 is 0 Å². The fourth-order valence-electron chi connectivity index (χ4n) is 2.57. The molecule has 0 fully saturated rings. The second kappa shape index (κ2) is 4.75. The maximum absolute atomic E-state index is 2.32. The average Bonchev–Trinajstić information content (AvgIpc) is 2.66. The first-order valence-corrected chi connectivity index (χ1v) is 6.47. The highest BCUT2D eigenvalue weighted by atomic mass is 14.3. The van der Waals surface area contributed by atoms with Crippen molar-refractivity contribution in [2.45, 2.75) is 33.6 Å². The topological polar surface area (TPSA) is 0 Å². The molecule has 0 aromatic heterocycles. The number of benzene rings is 2. The largest absolute Gasteiger partial charge is 0.0683 e. The first-order chi connectivity index (χ1) is 8.27. The van der Waals surface area contributed by atoms with Crippen LogP contribution >= 0.6 is 0 Å². The quantitative estimate of drug-likeness (QED) is 0.580. The molecule has 17 heavy (non-hydrogen) atoms. The highest BCUT2D eigenvalue weighted by Gasteiger charge is 2.24. The summed E-state index contributed by atoms with van der Waals surface area (Å²) in [5.74, 6) is 0.552. The third kappa shape index (κ3) is 1.88. The molecule has 0 heteroatoms. The van der Waals surface area contributed by atoms with Gasteiger partial charge in [-0.1, -0.05) is 68.8 Å². The van der Waals surface area contributed by atoms with Crippen molar-refractivity contribution in [3.05, 3.63) is 59.2 Å². The Morgan fingerprint density at radius 3 is 2.24 bits per heavy atom. The maximum Gasteiger partial charge on any atom is 0.00734 e. The normalized spacial score (nSPS) is 15.6. The lowest BCUT2D eigenvalue weighted by molar-refractivity contribution is 0.954. The summed E-state index contributed by atoms with van der Waals surface area (Å²) in [6.07, 6.45) is 0. The van der Waals surface area contributed by atoms with Gasteiger partial charge in [0.1, 0.15) is 0 Å². The van der Waals surface area contributed by atoms with E-state index in [1.165, 1.54) is 27.8 Å². The van der Waals surface area contributed by atoms with Crippen molar-refractivity contribution in [3.63, 3.8) is 0 Å². The highest BCUT2D eigenvalue weighted by Crippen LogP contribution is 2.44. The van der Waals surface area contributed by atoms with Gasteiger partial charge in [-0.05, 0) is 29.2 Å². The van der Waals surface area contributed by atoms with Crippen molar-refractivity contribution in [3.8, 4) is 11.1 Å². The maximum atomic E-state index is 2.32. The van der Waals surface area contributed by atoms with Crippen LogP contribution in [-0.4, -0.2) is 0 Å². The van der Waals surface area contributed by atoms with Crippen LogP contribution in [0.1, 0.15) is 43.4 Å². The summed E-state index contributed by atoms with van der Waals surface area (Å²) < 4.78 is 0. The van der Waals surface area contributed by atoms with Crippen LogP contribution in [0.4, 0.5) is 0 Å².